The fourth-order valence-electron chi connectivity index (χ4n) is 3.15. The monoisotopic (exact) mass is 329 g/mol. The van der Waals surface area contributed by atoms with Gasteiger partial charge >= 0.3 is 6.18 Å². The molecule has 0 bridgehead atoms. The molecule has 0 saturated carbocycles. The van der Waals surface area contributed by atoms with Crippen LogP contribution in [0.25, 0.3) is 10.8 Å². The molecule has 124 valence electrons. The molecule has 1 atom stereocenters. The maximum Gasteiger partial charge on any atom is 0.416 e. The molecule has 0 heterocycles. The molecule has 4 heteroatoms. The van der Waals surface area contributed by atoms with E-state index < -0.39 is 11.7 Å². The number of hydrogen-bond acceptors (Lipinski definition) is 1. The quantitative estimate of drug-likeness (QED) is 0.687. The van der Waals surface area contributed by atoms with E-state index in [4.69, 9.17) is 5.73 Å². The Kier molecular flexibility index (Phi) is 4.58. The first-order valence-electron chi connectivity index (χ1n) is 7.85. The fourth-order valence-corrected chi connectivity index (χ4v) is 3.15. The average Bonchev–Trinajstić information content (AvgIpc) is 2.59. The highest BCUT2D eigenvalue weighted by Crippen LogP contribution is 2.36. The molecule has 0 aromatic heterocycles. The van der Waals surface area contributed by atoms with Gasteiger partial charge in [-0.25, -0.2) is 0 Å². The first-order valence-corrected chi connectivity index (χ1v) is 7.85. The zero-order valence-corrected chi connectivity index (χ0v) is 13.1. The van der Waals surface area contributed by atoms with E-state index in [0.717, 1.165) is 22.4 Å². The topological polar surface area (TPSA) is 26.0 Å². The summed E-state index contributed by atoms with van der Waals surface area (Å²) in [6.45, 7) is 0.407. The highest BCUT2D eigenvalue weighted by atomic mass is 19.4. The molecular formula is C20H18F3N. The minimum atomic E-state index is -4.35. The van der Waals surface area contributed by atoms with Gasteiger partial charge in [0.15, 0.2) is 0 Å². The van der Waals surface area contributed by atoms with E-state index in [1.807, 2.05) is 42.5 Å². The summed E-state index contributed by atoms with van der Waals surface area (Å²) in [5, 5.41) is 2.12. The van der Waals surface area contributed by atoms with Crippen molar-refractivity contribution in [2.45, 2.75) is 18.5 Å². The van der Waals surface area contributed by atoms with Crippen molar-refractivity contribution in [2.24, 2.45) is 5.73 Å². The van der Waals surface area contributed by atoms with Gasteiger partial charge in [0.2, 0.25) is 0 Å². The molecule has 1 unspecified atom stereocenters. The molecule has 24 heavy (non-hydrogen) atoms. The van der Waals surface area contributed by atoms with Crippen molar-refractivity contribution in [1.82, 2.24) is 0 Å². The van der Waals surface area contributed by atoms with Crippen LogP contribution < -0.4 is 5.73 Å². The van der Waals surface area contributed by atoms with Crippen LogP contribution in [0, 0.1) is 0 Å². The van der Waals surface area contributed by atoms with E-state index >= 15 is 0 Å². The van der Waals surface area contributed by atoms with Crippen molar-refractivity contribution in [3.05, 3.63) is 83.4 Å². The van der Waals surface area contributed by atoms with Crippen LogP contribution in [0.5, 0.6) is 0 Å². The van der Waals surface area contributed by atoms with Crippen LogP contribution in [0.2, 0.25) is 0 Å². The van der Waals surface area contributed by atoms with E-state index in [0.29, 0.717) is 18.5 Å². The molecule has 0 amide bonds. The smallest absolute Gasteiger partial charge is 0.330 e. The van der Waals surface area contributed by atoms with Crippen LogP contribution in [-0.4, -0.2) is 6.54 Å². The Bertz CT molecular complexity index is 834. The largest absolute Gasteiger partial charge is 0.416 e. The Morgan fingerprint density at radius 1 is 0.875 bits per heavy atom. The van der Waals surface area contributed by atoms with Crippen LogP contribution >= 0.6 is 0 Å². The van der Waals surface area contributed by atoms with E-state index in [1.165, 1.54) is 12.1 Å². The standard InChI is InChI=1S/C20H18F3N/c21-20(22,23)16-8-3-7-15(13-16)18(11-12-24)19-10-4-6-14-5-1-2-9-17(14)19/h1-10,13,18H,11-12,24H2. The van der Waals surface area contributed by atoms with E-state index in [-0.39, 0.29) is 5.92 Å². The summed E-state index contributed by atoms with van der Waals surface area (Å²) in [5.41, 5.74) is 6.78. The van der Waals surface area contributed by atoms with Gasteiger partial charge in [-0.1, -0.05) is 60.7 Å². The predicted octanol–water partition coefficient (Wildman–Crippen LogP) is 5.34. The highest BCUT2D eigenvalue weighted by molar-refractivity contribution is 5.86. The SMILES string of the molecule is NCCC(c1cccc(C(F)(F)F)c1)c1cccc2ccccc12. The number of rotatable bonds is 4. The van der Waals surface area contributed by atoms with Gasteiger partial charge in [0.1, 0.15) is 0 Å². The second kappa shape index (κ2) is 6.65. The molecule has 0 spiro atoms. The molecule has 0 aliphatic heterocycles. The molecule has 0 fully saturated rings. The van der Waals surface area contributed by atoms with Crippen molar-refractivity contribution in [2.75, 3.05) is 6.54 Å². The molecule has 3 aromatic carbocycles. The zero-order valence-electron chi connectivity index (χ0n) is 13.1. The number of fused-ring (bicyclic) bond motifs is 1. The van der Waals surface area contributed by atoms with Gasteiger partial charge in [-0.05, 0) is 40.9 Å². The Labute approximate surface area is 138 Å². The molecule has 0 radical (unpaired) electrons. The lowest BCUT2D eigenvalue weighted by atomic mass is 9.85. The third-order valence-electron chi connectivity index (χ3n) is 4.27. The van der Waals surface area contributed by atoms with E-state index in [9.17, 15) is 13.2 Å². The Morgan fingerprint density at radius 3 is 2.33 bits per heavy atom. The van der Waals surface area contributed by atoms with Crippen molar-refractivity contribution >= 4 is 10.8 Å². The molecule has 0 aliphatic rings. The number of benzene rings is 3. The van der Waals surface area contributed by atoms with Gasteiger partial charge in [0.25, 0.3) is 0 Å². The number of nitrogens with two attached hydrogens (primary N) is 1. The summed E-state index contributed by atoms with van der Waals surface area (Å²) >= 11 is 0. The van der Waals surface area contributed by atoms with Gasteiger partial charge in [-0.2, -0.15) is 13.2 Å². The molecule has 3 aromatic rings. The first-order chi connectivity index (χ1) is 11.5. The van der Waals surface area contributed by atoms with Crippen molar-refractivity contribution < 1.29 is 13.2 Å². The van der Waals surface area contributed by atoms with Crippen molar-refractivity contribution in [3.63, 3.8) is 0 Å². The van der Waals surface area contributed by atoms with E-state index in [1.54, 1.807) is 6.07 Å². The van der Waals surface area contributed by atoms with Gasteiger partial charge in [-0.3, -0.25) is 0 Å². The lowest BCUT2D eigenvalue weighted by Gasteiger charge is -2.20. The summed E-state index contributed by atoms with van der Waals surface area (Å²) in [5.74, 6) is -0.164. The van der Waals surface area contributed by atoms with Crippen LogP contribution in [-0.2, 0) is 6.18 Å². The lowest BCUT2D eigenvalue weighted by molar-refractivity contribution is -0.137. The third-order valence-corrected chi connectivity index (χ3v) is 4.27. The first kappa shape index (κ1) is 16.5. The van der Waals surface area contributed by atoms with Crippen LogP contribution in [0.1, 0.15) is 29.0 Å². The highest BCUT2D eigenvalue weighted by Gasteiger charge is 2.31. The predicted molar refractivity (Wildman–Crippen MR) is 90.9 cm³/mol. The summed E-state index contributed by atoms with van der Waals surface area (Å²) in [7, 11) is 0. The number of alkyl halides is 3. The second-order valence-corrected chi connectivity index (χ2v) is 5.82. The maximum absolute atomic E-state index is 13.0. The second-order valence-electron chi connectivity index (χ2n) is 5.82. The summed E-state index contributed by atoms with van der Waals surface area (Å²) in [4.78, 5) is 0. The summed E-state index contributed by atoms with van der Waals surface area (Å²) < 4.78 is 39.1. The molecule has 0 saturated heterocycles. The van der Waals surface area contributed by atoms with Gasteiger partial charge in [0, 0.05) is 5.92 Å². The molecule has 2 N–H and O–H groups in total. The van der Waals surface area contributed by atoms with Gasteiger partial charge < -0.3 is 5.73 Å². The fraction of sp³-hybridized carbons (Fsp3) is 0.200. The Morgan fingerprint density at radius 2 is 1.58 bits per heavy atom. The van der Waals surface area contributed by atoms with Crippen LogP contribution in [0.4, 0.5) is 13.2 Å². The minimum absolute atomic E-state index is 0.164. The van der Waals surface area contributed by atoms with Crippen LogP contribution in [0.3, 0.4) is 0 Å². The molecular weight excluding hydrogens is 311 g/mol. The molecule has 0 aliphatic carbocycles. The lowest BCUT2D eigenvalue weighted by Crippen LogP contribution is -2.11. The van der Waals surface area contributed by atoms with E-state index in [2.05, 4.69) is 0 Å². The summed E-state index contributed by atoms with van der Waals surface area (Å²) in [6, 6.07) is 19.4. The van der Waals surface area contributed by atoms with Gasteiger partial charge in [-0.15, -0.1) is 0 Å². The Balaban J connectivity index is 2.13. The zero-order chi connectivity index (χ0) is 17.2. The number of hydrogen-bond donors (Lipinski definition) is 1. The maximum atomic E-state index is 13.0. The molecule has 3 rings (SSSR count). The third kappa shape index (κ3) is 3.29. The van der Waals surface area contributed by atoms with Crippen molar-refractivity contribution in [3.8, 4) is 0 Å². The van der Waals surface area contributed by atoms with Gasteiger partial charge in [0.05, 0.1) is 5.56 Å². The normalized spacial score (nSPS) is 13.2. The Hall–Kier alpha value is -2.33. The average molecular weight is 329 g/mol. The summed E-state index contributed by atoms with van der Waals surface area (Å²) in [6.07, 6.45) is -3.75. The van der Waals surface area contributed by atoms with Crippen molar-refractivity contribution in [1.29, 1.82) is 0 Å². The number of halogens is 3. The minimum Gasteiger partial charge on any atom is -0.330 e. The van der Waals surface area contributed by atoms with Crippen LogP contribution in [0.15, 0.2) is 66.7 Å². The molecule has 1 nitrogen and oxygen atoms in total.